The smallest absolute Gasteiger partial charge is 0.184 e. The van der Waals surface area contributed by atoms with E-state index in [-0.39, 0.29) is 0 Å². The fraction of sp³-hybridized carbons (Fsp3) is 1.00. The van der Waals surface area contributed by atoms with E-state index < -0.39 is 37.3 Å². The number of hydrogen-bond acceptors (Lipinski definition) is 6. The van der Waals surface area contributed by atoms with E-state index in [1.807, 2.05) is 0 Å². The van der Waals surface area contributed by atoms with Crippen LogP contribution in [-0.2, 0) is 4.74 Å². The van der Waals surface area contributed by atoms with Crippen LogP contribution in [0, 0.1) is 0 Å². The lowest BCUT2D eigenvalue weighted by Crippen LogP contribution is -2.40. The molecule has 0 aromatic rings. The lowest BCUT2D eigenvalue weighted by Gasteiger charge is -2.18. The van der Waals surface area contributed by atoms with E-state index in [1.54, 1.807) is 0 Å². The number of hydrogen-bond donors (Lipinski definition) is 5. The van der Waals surface area contributed by atoms with E-state index in [9.17, 15) is 0 Å². The first-order valence-corrected chi connectivity index (χ1v) is 3.56. The van der Waals surface area contributed by atoms with Gasteiger partial charge in [0.15, 0.2) is 6.29 Å². The van der Waals surface area contributed by atoms with Gasteiger partial charge in [0, 0.05) is 0 Å². The van der Waals surface area contributed by atoms with Gasteiger partial charge in [-0.1, -0.05) is 0 Å². The molecule has 0 saturated carbocycles. The molecule has 1 rings (SSSR count). The van der Waals surface area contributed by atoms with Crippen molar-refractivity contribution in [3.63, 3.8) is 0 Å². The molecule has 1 fully saturated rings. The molecule has 0 spiro atoms. The van der Waals surface area contributed by atoms with Crippen LogP contribution in [0.3, 0.4) is 0 Å². The van der Waals surface area contributed by atoms with Crippen molar-refractivity contribution in [2.45, 2.75) is 30.7 Å². The number of aliphatic hydroxyl groups excluding tert-OH is 5. The molecule has 72 valence electrons. The van der Waals surface area contributed by atoms with E-state index in [4.69, 9.17) is 25.5 Å². The molecule has 1 aliphatic heterocycles. The zero-order valence-corrected chi connectivity index (χ0v) is 6.24. The zero-order valence-electron chi connectivity index (χ0n) is 6.24. The Balaban J connectivity index is 2.58. The monoisotopic (exact) mass is 180 g/mol. The van der Waals surface area contributed by atoms with Crippen molar-refractivity contribution in [1.29, 1.82) is 0 Å². The zero-order chi connectivity index (χ0) is 9.30. The maximum atomic E-state index is 9.12. The fourth-order valence-corrected chi connectivity index (χ4v) is 1.11. The second kappa shape index (κ2) is 3.65. The van der Waals surface area contributed by atoms with Gasteiger partial charge in [-0.15, -0.1) is 0 Å². The van der Waals surface area contributed by atoms with Crippen molar-refractivity contribution in [3.05, 3.63) is 0 Å². The topological polar surface area (TPSA) is 110 Å². The summed E-state index contributed by atoms with van der Waals surface area (Å²) in [7, 11) is 0. The highest BCUT2D eigenvalue weighted by Crippen LogP contribution is 2.21. The molecule has 0 aromatic heterocycles. The van der Waals surface area contributed by atoms with E-state index in [0.29, 0.717) is 0 Å². The minimum atomic E-state index is -1.51. The van der Waals surface area contributed by atoms with Gasteiger partial charge in [0.2, 0.25) is 0 Å². The Labute approximate surface area is 68.6 Å². The van der Waals surface area contributed by atoms with Crippen molar-refractivity contribution in [1.82, 2.24) is 0 Å². The summed E-state index contributed by atoms with van der Waals surface area (Å²) in [5.74, 6) is 0. The first kappa shape index (κ1) is 9.85. The van der Waals surface area contributed by atoms with Gasteiger partial charge in [-0.25, -0.2) is 0 Å². The summed E-state index contributed by atoms with van der Waals surface area (Å²) in [6.45, 7) is -0.596. The largest absolute Gasteiger partial charge is 0.394 e. The average Bonchev–Trinajstić information content (AvgIpc) is 2.32. The highest BCUT2D eigenvalue weighted by Gasteiger charge is 2.44. The van der Waals surface area contributed by atoms with Gasteiger partial charge >= 0.3 is 0 Å². The van der Waals surface area contributed by atoms with E-state index in [0.717, 1.165) is 0 Å². The first-order chi connectivity index (χ1) is 5.57. The normalized spacial score (nSPS) is 44.8. The summed E-state index contributed by atoms with van der Waals surface area (Å²) in [5.41, 5.74) is 0. The van der Waals surface area contributed by atoms with E-state index in [1.165, 1.54) is 0 Å². The molecule has 0 aliphatic carbocycles. The van der Waals surface area contributed by atoms with Crippen LogP contribution < -0.4 is 0 Å². The third-order valence-corrected chi connectivity index (χ3v) is 1.84. The van der Waals surface area contributed by atoms with Crippen LogP contribution in [0.25, 0.3) is 0 Å². The van der Waals surface area contributed by atoms with Crippen molar-refractivity contribution < 1.29 is 30.3 Å². The van der Waals surface area contributed by atoms with Gasteiger partial charge < -0.3 is 30.3 Å². The molecule has 0 unspecified atom stereocenters. The predicted octanol–water partition coefficient (Wildman–Crippen LogP) is -3.22. The predicted molar refractivity (Wildman–Crippen MR) is 36.0 cm³/mol. The molecule has 0 radical (unpaired) electrons. The Bertz CT molecular complexity index is 151. The Morgan fingerprint density at radius 2 is 1.75 bits per heavy atom. The van der Waals surface area contributed by atoms with Crippen LogP contribution in [0.5, 0.6) is 0 Å². The van der Waals surface area contributed by atoms with Crippen LogP contribution in [0.2, 0.25) is 0 Å². The van der Waals surface area contributed by atoms with Crippen molar-refractivity contribution >= 4 is 0 Å². The molecule has 6 nitrogen and oxygen atoms in total. The number of rotatable bonds is 2. The van der Waals surface area contributed by atoms with Gasteiger partial charge in [0.1, 0.15) is 24.4 Å². The second-order valence-corrected chi connectivity index (χ2v) is 2.72. The SMILES string of the molecule is OC[C@H](O)[C@H]1O[C@@H](O)[C@H](O)[C@H]1O. The maximum absolute atomic E-state index is 9.12. The summed E-state index contributed by atoms with van der Waals surface area (Å²) >= 11 is 0. The Morgan fingerprint density at radius 1 is 1.17 bits per heavy atom. The maximum Gasteiger partial charge on any atom is 0.184 e. The molecule has 6 heteroatoms. The molecule has 0 aromatic carbocycles. The van der Waals surface area contributed by atoms with E-state index >= 15 is 0 Å². The van der Waals surface area contributed by atoms with Gasteiger partial charge in [-0.2, -0.15) is 0 Å². The standard InChI is InChI=1S/C6H12O6/c7-1-2(8)5-3(9)4(10)6(11)12-5/h2-11H,1H2/t2-,3+,4+,5+,6+/m0/s1. The molecular weight excluding hydrogens is 168 g/mol. The van der Waals surface area contributed by atoms with Gasteiger partial charge in [0.05, 0.1) is 6.61 Å². The van der Waals surface area contributed by atoms with Crippen LogP contribution in [0.15, 0.2) is 0 Å². The number of ether oxygens (including phenoxy) is 1. The van der Waals surface area contributed by atoms with Crippen molar-refractivity contribution in [2.75, 3.05) is 6.61 Å². The summed E-state index contributed by atoms with van der Waals surface area (Å²) in [4.78, 5) is 0. The van der Waals surface area contributed by atoms with Crippen LogP contribution in [0.4, 0.5) is 0 Å². The highest BCUT2D eigenvalue weighted by molar-refractivity contribution is 4.89. The van der Waals surface area contributed by atoms with Crippen LogP contribution >= 0.6 is 0 Å². The molecule has 0 amide bonds. The molecule has 1 saturated heterocycles. The lowest BCUT2D eigenvalue weighted by molar-refractivity contribution is -0.150. The quantitative estimate of drug-likeness (QED) is 0.306. The first-order valence-electron chi connectivity index (χ1n) is 3.56. The van der Waals surface area contributed by atoms with Crippen molar-refractivity contribution in [2.24, 2.45) is 0 Å². The minimum absolute atomic E-state index is 0.596. The molecule has 5 N–H and O–H groups in total. The lowest BCUT2D eigenvalue weighted by atomic mass is 10.1. The van der Waals surface area contributed by atoms with Crippen molar-refractivity contribution in [3.8, 4) is 0 Å². The Kier molecular flexibility index (Phi) is 2.99. The third-order valence-electron chi connectivity index (χ3n) is 1.84. The summed E-state index contributed by atoms with van der Waals surface area (Å²) in [6, 6.07) is 0. The summed E-state index contributed by atoms with van der Waals surface area (Å²) in [6.07, 6.45) is -6.75. The minimum Gasteiger partial charge on any atom is -0.394 e. The Hall–Kier alpha value is -0.240. The molecular formula is C6H12O6. The average molecular weight is 180 g/mol. The van der Waals surface area contributed by atoms with Crippen LogP contribution in [0.1, 0.15) is 0 Å². The van der Waals surface area contributed by atoms with Gasteiger partial charge in [-0.05, 0) is 0 Å². The Morgan fingerprint density at radius 3 is 2.08 bits per heavy atom. The van der Waals surface area contributed by atoms with Gasteiger partial charge in [-0.3, -0.25) is 0 Å². The molecule has 1 aliphatic rings. The fourth-order valence-electron chi connectivity index (χ4n) is 1.11. The molecule has 1 heterocycles. The summed E-state index contributed by atoms with van der Waals surface area (Å²) in [5, 5.41) is 44.4. The molecule has 0 bridgehead atoms. The van der Waals surface area contributed by atoms with Gasteiger partial charge in [0.25, 0.3) is 0 Å². The second-order valence-electron chi connectivity index (χ2n) is 2.72. The number of aliphatic hydroxyl groups is 5. The molecule has 12 heavy (non-hydrogen) atoms. The third kappa shape index (κ3) is 1.58. The highest BCUT2D eigenvalue weighted by atomic mass is 16.6. The molecule has 5 atom stereocenters. The van der Waals surface area contributed by atoms with Crippen LogP contribution in [-0.4, -0.2) is 62.8 Å². The summed E-state index contributed by atoms with van der Waals surface area (Å²) < 4.78 is 4.58. The van der Waals surface area contributed by atoms with E-state index in [2.05, 4.69) is 4.74 Å².